The van der Waals surface area contributed by atoms with Crippen molar-refractivity contribution in [1.82, 2.24) is 15.8 Å². The third-order valence-electron chi connectivity index (χ3n) is 5.14. The number of hydrogen-bond acceptors (Lipinski definition) is 6. The molecule has 11 heteroatoms. The normalized spacial score (nSPS) is 13.1. The van der Waals surface area contributed by atoms with E-state index in [1.54, 1.807) is 45.0 Å². The number of aromatic nitrogens is 1. The molecule has 0 saturated carbocycles. The first-order chi connectivity index (χ1) is 16.4. The van der Waals surface area contributed by atoms with Gasteiger partial charge in [0.15, 0.2) is 10.6 Å². The molecule has 3 amide bonds. The molecule has 1 aromatic carbocycles. The Morgan fingerprint density at radius 3 is 2.49 bits per heavy atom. The molecular formula is C24H32Cl2N4O5. The summed E-state index contributed by atoms with van der Waals surface area (Å²) in [4.78, 5) is 38.0. The van der Waals surface area contributed by atoms with E-state index < -0.39 is 28.5 Å². The van der Waals surface area contributed by atoms with E-state index in [1.165, 1.54) is 11.1 Å². The number of alkyl carbamates (subject to hydrolysis) is 1. The first kappa shape index (κ1) is 28.5. The first-order valence-electron chi connectivity index (χ1n) is 11.3. The molecule has 0 bridgehead atoms. The van der Waals surface area contributed by atoms with E-state index in [0.717, 1.165) is 0 Å². The SMILES string of the molecule is CCC(C)[C@H](NC(=O)OC(C)(C)C)C(=O)NCCN(C(=O)C(Cl)Cl)c1cccc(-c2ccno2)c1. The number of anilines is 1. The van der Waals surface area contributed by atoms with Crippen LogP contribution in [0.4, 0.5) is 10.5 Å². The van der Waals surface area contributed by atoms with Gasteiger partial charge in [0, 0.05) is 30.4 Å². The largest absolute Gasteiger partial charge is 0.444 e. The molecule has 1 aromatic heterocycles. The van der Waals surface area contributed by atoms with Gasteiger partial charge < -0.3 is 24.8 Å². The molecule has 0 aliphatic rings. The van der Waals surface area contributed by atoms with E-state index in [4.69, 9.17) is 32.5 Å². The average molecular weight is 527 g/mol. The lowest BCUT2D eigenvalue weighted by molar-refractivity contribution is -0.124. The van der Waals surface area contributed by atoms with Crippen LogP contribution >= 0.6 is 23.2 Å². The van der Waals surface area contributed by atoms with Crippen molar-refractivity contribution in [3.63, 3.8) is 0 Å². The van der Waals surface area contributed by atoms with Crippen molar-refractivity contribution < 1.29 is 23.6 Å². The molecule has 35 heavy (non-hydrogen) atoms. The van der Waals surface area contributed by atoms with E-state index in [9.17, 15) is 14.4 Å². The predicted octanol–water partition coefficient (Wildman–Crippen LogP) is 4.53. The summed E-state index contributed by atoms with van der Waals surface area (Å²) in [7, 11) is 0. The molecule has 0 spiro atoms. The zero-order chi connectivity index (χ0) is 26.2. The molecular weight excluding hydrogens is 495 g/mol. The standard InChI is InChI=1S/C24H32Cl2N4O5/c1-6-15(2)19(29-23(33)34-24(3,4)5)21(31)27-12-13-30(22(32)20(25)26)17-9-7-8-16(14-17)18-10-11-28-35-18/h7-11,14-15,19-20H,6,12-13H2,1-5H3,(H,27,31)(H,29,33)/t15?,19-/m0/s1. The number of benzene rings is 1. The minimum absolute atomic E-state index is 0.0973. The van der Waals surface area contributed by atoms with Gasteiger partial charge in [0.2, 0.25) is 5.91 Å². The lowest BCUT2D eigenvalue weighted by Crippen LogP contribution is -2.52. The Morgan fingerprint density at radius 2 is 1.91 bits per heavy atom. The van der Waals surface area contributed by atoms with Crippen molar-refractivity contribution >= 4 is 46.8 Å². The van der Waals surface area contributed by atoms with Gasteiger partial charge >= 0.3 is 6.09 Å². The van der Waals surface area contributed by atoms with E-state index in [2.05, 4.69) is 15.8 Å². The highest BCUT2D eigenvalue weighted by atomic mass is 35.5. The van der Waals surface area contributed by atoms with E-state index in [0.29, 0.717) is 23.4 Å². The third-order valence-corrected chi connectivity index (χ3v) is 5.51. The molecule has 0 fully saturated rings. The van der Waals surface area contributed by atoms with Crippen LogP contribution in [0.15, 0.2) is 41.1 Å². The Morgan fingerprint density at radius 1 is 1.20 bits per heavy atom. The molecule has 2 aromatic rings. The van der Waals surface area contributed by atoms with E-state index in [-0.39, 0.29) is 24.9 Å². The Kier molecular flexibility index (Phi) is 10.4. The van der Waals surface area contributed by atoms with Crippen molar-refractivity contribution in [2.24, 2.45) is 5.92 Å². The van der Waals surface area contributed by atoms with Crippen LogP contribution in [0.5, 0.6) is 0 Å². The summed E-state index contributed by atoms with van der Waals surface area (Å²) in [5.74, 6) is -0.539. The van der Waals surface area contributed by atoms with Gasteiger partial charge in [-0.15, -0.1) is 0 Å². The van der Waals surface area contributed by atoms with E-state index >= 15 is 0 Å². The molecule has 0 saturated heterocycles. The summed E-state index contributed by atoms with van der Waals surface area (Å²) in [5.41, 5.74) is 0.539. The molecule has 192 valence electrons. The number of alkyl halides is 2. The number of hydrogen-bond donors (Lipinski definition) is 2. The summed E-state index contributed by atoms with van der Waals surface area (Å²) < 4.78 is 10.5. The quantitative estimate of drug-likeness (QED) is 0.439. The van der Waals surface area contributed by atoms with Gasteiger partial charge in [-0.2, -0.15) is 0 Å². The van der Waals surface area contributed by atoms with Crippen molar-refractivity contribution in [1.29, 1.82) is 0 Å². The van der Waals surface area contributed by atoms with Crippen LogP contribution in [0.25, 0.3) is 11.3 Å². The monoisotopic (exact) mass is 526 g/mol. The first-order valence-corrected chi connectivity index (χ1v) is 12.2. The molecule has 0 aliphatic carbocycles. The molecule has 2 atom stereocenters. The molecule has 0 radical (unpaired) electrons. The molecule has 1 heterocycles. The number of nitrogens with one attached hydrogen (secondary N) is 2. The van der Waals surface area contributed by atoms with Gasteiger partial charge in [-0.25, -0.2) is 4.79 Å². The summed E-state index contributed by atoms with van der Waals surface area (Å²) >= 11 is 11.7. The van der Waals surface area contributed by atoms with Gasteiger partial charge in [0.25, 0.3) is 5.91 Å². The maximum absolute atomic E-state index is 12.9. The average Bonchev–Trinajstić information content (AvgIpc) is 3.33. The van der Waals surface area contributed by atoms with Crippen LogP contribution in [0.1, 0.15) is 41.0 Å². The fraction of sp³-hybridized carbons (Fsp3) is 0.500. The fourth-order valence-electron chi connectivity index (χ4n) is 3.21. The maximum atomic E-state index is 12.9. The van der Waals surface area contributed by atoms with Crippen LogP contribution in [-0.4, -0.2) is 52.6 Å². The second-order valence-electron chi connectivity index (χ2n) is 9.02. The van der Waals surface area contributed by atoms with Crippen LogP contribution in [-0.2, 0) is 14.3 Å². The van der Waals surface area contributed by atoms with Crippen molar-refractivity contribution in [2.45, 2.75) is 57.5 Å². The predicted molar refractivity (Wildman–Crippen MR) is 135 cm³/mol. The minimum Gasteiger partial charge on any atom is -0.444 e. The highest BCUT2D eigenvalue weighted by molar-refractivity contribution is 6.54. The minimum atomic E-state index is -1.29. The Balaban J connectivity index is 2.12. The maximum Gasteiger partial charge on any atom is 0.408 e. The highest BCUT2D eigenvalue weighted by Gasteiger charge is 2.29. The van der Waals surface area contributed by atoms with Crippen LogP contribution in [0.2, 0.25) is 0 Å². The van der Waals surface area contributed by atoms with Gasteiger partial charge in [-0.3, -0.25) is 9.59 Å². The van der Waals surface area contributed by atoms with Crippen molar-refractivity contribution in [2.75, 3.05) is 18.0 Å². The lowest BCUT2D eigenvalue weighted by Gasteiger charge is -2.27. The summed E-state index contributed by atoms with van der Waals surface area (Å²) in [6, 6.07) is 7.93. The molecule has 9 nitrogen and oxygen atoms in total. The number of amides is 3. The molecule has 0 aliphatic heterocycles. The molecule has 2 N–H and O–H groups in total. The Hall–Kier alpha value is -2.78. The van der Waals surface area contributed by atoms with Crippen LogP contribution in [0, 0.1) is 5.92 Å². The number of rotatable bonds is 10. The Bertz CT molecular complexity index is 992. The van der Waals surface area contributed by atoms with Gasteiger partial charge in [-0.1, -0.05) is 60.8 Å². The number of halogens is 2. The summed E-state index contributed by atoms with van der Waals surface area (Å²) in [6.45, 7) is 9.21. The van der Waals surface area contributed by atoms with Crippen LogP contribution < -0.4 is 15.5 Å². The number of nitrogens with zero attached hydrogens (tertiary/aromatic N) is 2. The second-order valence-corrected chi connectivity index (χ2v) is 10.1. The van der Waals surface area contributed by atoms with Gasteiger partial charge in [-0.05, 0) is 38.8 Å². The topological polar surface area (TPSA) is 114 Å². The van der Waals surface area contributed by atoms with Crippen LogP contribution in [0.3, 0.4) is 0 Å². The number of carbonyl (C=O) groups excluding carboxylic acids is 3. The zero-order valence-electron chi connectivity index (χ0n) is 20.5. The number of carbonyl (C=O) groups is 3. The lowest BCUT2D eigenvalue weighted by atomic mass is 9.98. The molecule has 2 rings (SSSR count). The van der Waals surface area contributed by atoms with E-state index in [1.807, 2.05) is 19.9 Å². The van der Waals surface area contributed by atoms with Crippen molar-refractivity contribution in [3.05, 3.63) is 36.5 Å². The summed E-state index contributed by atoms with van der Waals surface area (Å²) in [5, 5.41) is 9.13. The summed E-state index contributed by atoms with van der Waals surface area (Å²) in [6.07, 6.45) is 1.51. The highest BCUT2D eigenvalue weighted by Crippen LogP contribution is 2.25. The zero-order valence-corrected chi connectivity index (χ0v) is 22.0. The van der Waals surface area contributed by atoms with Gasteiger partial charge in [0.1, 0.15) is 11.6 Å². The second kappa shape index (κ2) is 12.8. The van der Waals surface area contributed by atoms with Gasteiger partial charge in [0.05, 0.1) is 6.20 Å². The smallest absolute Gasteiger partial charge is 0.408 e. The van der Waals surface area contributed by atoms with Crippen molar-refractivity contribution in [3.8, 4) is 11.3 Å². The Labute approximate surface area is 215 Å². The fourth-order valence-corrected chi connectivity index (χ4v) is 3.45. The number of ether oxygens (including phenoxy) is 1. The molecule has 1 unspecified atom stereocenters. The third kappa shape index (κ3) is 8.74.